The third-order valence-corrected chi connectivity index (χ3v) is 4.52. The zero-order valence-corrected chi connectivity index (χ0v) is 14.1. The quantitative estimate of drug-likeness (QED) is 0.724. The average molecular weight is 338 g/mol. The fourth-order valence-electron chi connectivity index (χ4n) is 3.17. The second kappa shape index (κ2) is 6.84. The Morgan fingerprint density at radius 1 is 0.880 bits per heavy atom. The Morgan fingerprint density at radius 3 is 2.16 bits per heavy atom. The minimum atomic E-state index is 0.697. The molecule has 3 aromatic heterocycles. The van der Waals surface area contributed by atoms with Crippen molar-refractivity contribution in [1.29, 1.82) is 0 Å². The van der Waals surface area contributed by atoms with Gasteiger partial charge in [-0.1, -0.05) is 0 Å². The number of aromatic nitrogens is 5. The topological polar surface area (TPSA) is 81.0 Å². The third kappa shape index (κ3) is 3.42. The van der Waals surface area contributed by atoms with Gasteiger partial charge >= 0.3 is 0 Å². The molecule has 0 bridgehead atoms. The van der Waals surface area contributed by atoms with E-state index in [-0.39, 0.29) is 0 Å². The van der Waals surface area contributed by atoms with Crippen molar-refractivity contribution in [2.45, 2.75) is 13.1 Å². The maximum Gasteiger partial charge on any atom is 0.152 e. The van der Waals surface area contributed by atoms with E-state index >= 15 is 0 Å². The van der Waals surface area contributed by atoms with Crippen LogP contribution in [-0.2, 0) is 13.1 Å². The number of anilines is 3. The van der Waals surface area contributed by atoms with Crippen LogP contribution >= 0.6 is 0 Å². The first-order valence-electron chi connectivity index (χ1n) is 8.46. The van der Waals surface area contributed by atoms with Gasteiger partial charge in [-0.3, -0.25) is 0 Å². The van der Waals surface area contributed by atoms with Crippen LogP contribution in [0, 0.1) is 0 Å². The van der Waals surface area contributed by atoms with Gasteiger partial charge in [-0.2, -0.15) is 0 Å². The highest BCUT2D eigenvalue weighted by Crippen LogP contribution is 2.32. The van der Waals surface area contributed by atoms with E-state index in [0.29, 0.717) is 5.69 Å². The van der Waals surface area contributed by atoms with Crippen molar-refractivity contribution < 1.29 is 0 Å². The SMILES string of the molecule is Nc1cnc2c(c1)N(CCn1ccnc1)CCN2CCn1ccnc1. The van der Waals surface area contributed by atoms with Crippen molar-refractivity contribution in [3.8, 4) is 0 Å². The highest BCUT2D eigenvalue weighted by Gasteiger charge is 2.23. The molecule has 130 valence electrons. The van der Waals surface area contributed by atoms with Crippen molar-refractivity contribution in [3.63, 3.8) is 0 Å². The second-order valence-corrected chi connectivity index (χ2v) is 6.19. The predicted octanol–water partition coefficient (Wildman–Crippen LogP) is 1.08. The van der Waals surface area contributed by atoms with E-state index in [1.807, 2.05) is 37.3 Å². The van der Waals surface area contributed by atoms with Gasteiger partial charge in [0.05, 0.1) is 30.2 Å². The van der Waals surface area contributed by atoms with E-state index in [9.17, 15) is 0 Å². The summed E-state index contributed by atoms with van der Waals surface area (Å²) in [7, 11) is 0. The molecule has 25 heavy (non-hydrogen) atoms. The highest BCUT2D eigenvalue weighted by molar-refractivity contribution is 5.72. The normalized spacial score (nSPS) is 13.9. The summed E-state index contributed by atoms with van der Waals surface area (Å²) in [4.78, 5) is 17.5. The Morgan fingerprint density at radius 2 is 1.52 bits per heavy atom. The van der Waals surface area contributed by atoms with Crippen LogP contribution in [0.3, 0.4) is 0 Å². The van der Waals surface area contributed by atoms with Crippen molar-refractivity contribution in [2.75, 3.05) is 41.7 Å². The highest BCUT2D eigenvalue weighted by atomic mass is 15.3. The lowest BCUT2D eigenvalue weighted by atomic mass is 10.2. The Balaban J connectivity index is 1.49. The zero-order chi connectivity index (χ0) is 17.1. The van der Waals surface area contributed by atoms with Gasteiger partial charge in [0.15, 0.2) is 5.82 Å². The van der Waals surface area contributed by atoms with Gasteiger partial charge in [-0.25, -0.2) is 15.0 Å². The van der Waals surface area contributed by atoms with Gasteiger partial charge in [0.1, 0.15) is 0 Å². The van der Waals surface area contributed by atoms with E-state index in [4.69, 9.17) is 5.73 Å². The molecule has 8 nitrogen and oxygen atoms in total. The summed E-state index contributed by atoms with van der Waals surface area (Å²) < 4.78 is 4.17. The molecule has 0 spiro atoms. The number of hydrogen-bond acceptors (Lipinski definition) is 6. The Bertz CT molecular complexity index is 796. The third-order valence-electron chi connectivity index (χ3n) is 4.52. The maximum atomic E-state index is 6.00. The number of rotatable bonds is 6. The summed E-state index contributed by atoms with van der Waals surface area (Å²) in [5.41, 5.74) is 7.80. The summed E-state index contributed by atoms with van der Waals surface area (Å²) in [6.45, 7) is 5.49. The molecule has 4 rings (SSSR count). The van der Waals surface area contributed by atoms with Crippen LogP contribution in [-0.4, -0.2) is 50.3 Å². The molecule has 0 saturated carbocycles. The van der Waals surface area contributed by atoms with Crippen LogP contribution in [0.2, 0.25) is 0 Å². The monoisotopic (exact) mass is 338 g/mol. The Labute approximate surface area is 146 Å². The fourth-order valence-corrected chi connectivity index (χ4v) is 3.17. The lowest BCUT2D eigenvalue weighted by Gasteiger charge is -2.38. The molecule has 0 atom stereocenters. The summed E-state index contributed by atoms with van der Waals surface area (Å²) >= 11 is 0. The first kappa shape index (κ1) is 15.5. The molecule has 4 heterocycles. The molecular weight excluding hydrogens is 316 g/mol. The molecule has 8 heteroatoms. The standard InChI is InChI=1S/C17H22N8/c18-15-11-16-17(21-12-15)25(8-6-23-4-2-20-14-23)10-9-24(16)7-5-22-3-1-19-13-22/h1-4,11-14H,5-10,18H2. The zero-order valence-electron chi connectivity index (χ0n) is 14.1. The molecule has 2 N–H and O–H groups in total. The van der Waals surface area contributed by atoms with Gasteiger partial charge in [0, 0.05) is 64.1 Å². The number of imidazole rings is 2. The van der Waals surface area contributed by atoms with Crippen LogP contribution < -0.4 is 15.5 Å². The second-order valence-electron chi connectivity index (χ2n) is 6.19. The first-order valence-corrected chi connectivity index (χ1v) is 8.46. The van der Waals surface area contributed by atoms with Gasteiger partial charge in [-0.15, -0.1) is 0 Å². The lowest BCUT2D eigenvalue weighted by Crippen LogP contribution is -2.44. The maximum absolute atomic E-state index is 6.00. The molecule has 0 aromatic carbocycles. The first-order chi connectivity index (χ1) is 12.3. The van der Waals surface area contributed by atoms with Crippen LogP contribution in [0.5, 0.6) is 0 Å². The molecule has 3 aromatic rings. The fraction of sp³-hybridized carbons (Fsp3) is 0.353. The molecule has 0 amide bonds. The Hall–Kier alpha value is -3.03. The molecule has 1 aliphatic heterocycles. The smallest absolute Gasteiger partial charge is 0.152 e. The molecule has 0 saturated heterocycles. The minimum Gasteiger partial charge on any atom is -0.397 e. The molecule has 0 aliphatic carbocycles. The molecule has 0 radical (unpaired) electrons. The van der Waals surface area contributed by atoms with E-state index in [2.05, 4.69) is 33.9 Å². The molecule has 1 aliphatic rings. The molecule has 0 fully saturated rings. The van der Waals surface area contributed by atoms with E-state index in [0.717, 1.165) is 50.8 Å². The predicted molar refractivity (Wildman–Crippen MR) is 97.5 cm³/mol. The number of nitrogens with zero attached hydrogens (tertiary/aromatic N) is 7. The summed E-state index contributed by atoms with van der Waals surface area (Å²) in [6.07, 6.45) is 13.0. The number of nitrogens with two attached hydrogens (primary N) is 1. The van der Waals surface area contributed by atoms with Gasteiger partial charge in [0.2, 0.25) is 0 Å². The van der Waals surface area contributed by atoms with Gasteiger partial charge in [-0.05, 0) is 6.07 Å². The van der Waals surface area contributed by atoms with Gasteiger partial charge in [0.25, 0.3) is 0 Å². The number of nitrogen functional groups attached to an aromatic ring is 1. The summed E-state index contributed by atoms with van der Waals surface area (Å²) in [5, 5.41) is 0. The minimum absolute atomic E-state index is 0.697. The van der Waals surface area contributed by atoms with Crippen LogP contribution in [0.1, 0.15) is 0 Å². The van der Waals surface area contributed by atoms with Crippen molar-refractivity contribution in [3.05, 3.63) is 49.7 Å². The number of hydrogen-bond donors (Lipinski definition) is 1. The lowest BCUT2D eigenvalue weighted by molar-refractivity contribution is 0.601. The summed E-state index contributed by atoms with van der Waals surface area (Å²) in [6, 6.07) is 2.03. The number of pyridine rings is 1. The van der Waals surface area contributed by atoms with Crippen LogP contribution in [0.25, 0.3) is 0 Å². The van der Waals surface area contributed by atoms with Crippen molar-refractivity contribution in [2.24, 2.45) is 0 Å². The van der Waals surface area contributed by atoms with E-state index in [1.165, 1.54) is 0 Å². The van der Waals surface area contributed by atoms with Crippen molar-refractivity contribution >= 4 is 17.2 Å². The van der Waals surface area contributed by atoms with Crippen LogP contribution in [0.4, 0.5) is 17.2 Å². The van der Waals surface area contributed by atoms with Crippen molar-refractivity contribution in [1.82, 2.24) is 24.1 Å². The largest absolute Gasteiger partial charge is 0.397 e. The molecular formula is C17H22N8. The summed E-state index contributed by atoms with van der Waals surface area (Å²) in [5.74, 6) is 1.01. The van der Waals surface area contributed by atoms with Gasteiger partial charge < -0.3 is 24.7 Å². The number of fused-ring (bicyclic) bond motifs is 1. The average Bonchev–Trinajstić information content (AvgIpc) is 3.32. The molecule has 0 unspecified atom stereocenters. The Kier molecular flexibility index (Phi) is 4.24. The van der Waals surface area contributed by atoms with Crippen LogP contribution in [0.15, 0.2) is 49.7 Å². The van der Waals surface area contributed by atoms with E-state index in [1.54, 1.807) is 12.4 Å². The van der Waals surface area contributed by atoms with E-state index < -0.39 is 0 Å².